The fourth-order valence-corrected chi connectivity index (χ4v) is 4.96. The quantitative estimate of drug-likeness (QED) is 0.242. The first-order valence-electron chi connectivity index (χ1n) is 12.8. The zero-order valence-electron chi connectivity index (χ0n) is 22.9. The van der Waals surface area contributed by atoms with Gasteiger partial charge >= 0.3 is 0 Å². The number of ether oxygens (including phenoxy) is 1. The molecule has 3 aromatic rings. The Morgan fingerprint density at radius 2 is 1.53 bits per heavy atom. The van der Waals surface area contributed by atoms with Crippen molar-refractivity contribution < 1.29 is 19.4 Å². The van der Waals surface area contributed by atoms with Crippen molar-refractivity contribution in [3.05, 3.63) is 89.0 Å². The van der Waals surface area contributed by atoms with Crippen LogP contribution in [0.2, 0.25) is 0 Å². The summed E-state index contributed by atoms with van der Waals surface area (Å²) in [5.74, 6) is -0.946. The highest BCUT2D eigenvalue weighted by molar-refractivity contribution is 6.51. The van der Waals surface area contributed by atoms with Gasteiger partial charge in [0.2, 0.25) is 0 Å². The number of hydrogen-bond donors (Lipinski definition) is 1. The summed E-state index contributed by atoms with van der Waals surface area (Å²) < 4.78 is 5.30. The Hall–Kier alpha value is -4.26. The molecule has 38 heavy (non-hydrogen) atoms. The Labute approximate surface area is 224 Å². The molecule has 1 saturated heterocycles. The van der Waals surface area contributed by atoms with Gasteiger partial charge in [-0.15, -0.1) is 0 Å². The molecule has 7 nitrogen and oxygen atoms in total. The Morgan fingerprint density at radius 1 is 0.921 bits per heavy atom. The fraction of sp³-hybridized carbons (Fsp3) is 0.290. The van der Waals surface area contributed by atoms with E-state index in [1.807, 2.05) is 74.4 Å². The smallest absolute Gasteiger partial charge is 0.300 e. The normalized spacial score (nSPS) is 16.6. The highest BCUT2D eigenvalue weighted by Crippen LogP contribution is 2.43. The zero-order chi connectivity index (χ0) is 27.6. The molecule has 1 unspecified atom stereocenters. The molecule has 0 bridgehead atoms. The van der Waals surface area contributed by atoms with Gasteiger partial charge in [-0.2, -0.15) is 0 Å². The molecule has 1 fully saturated rings. The second-order valence-electron chi connectivity index (χ2n) is 9.52. The molecular formula is C31H35N3O4. The third kappa shape index (κ3) is 4.84. The number of aryl methyl sites for hydroxylation is 1. The molecule has 0 aliphatic carbocycles. The number of rotatable bonds is 8. The second kappa shape index (κ2) is 11.0. The van der Waals surface area contributed by atoms with Crippen LogP contribution in [0.25, 0.3) is 5.76 Å². The minimum absolute atomic E-state index is 0.0653. The van der Waals surface area contributed by atoms with Gasteiger partial charge in [0, 0.05) is 49.8 Å². The number of nitrogens with zero attached hydrogens (tertiary/aromatic N) is 3. The number of methoxy groups -OCH3 is 1. The number of Topliss-reactive ketones (excluding diaryl/α,β-unsaturated/α-hetero) is 1. The van der Waals surface area contributed by atoms with Gasteiger partial charge in [-0.05, 0) is 86.5 Å². The number of anilines is 3. The summed E-state index contributed by atoms with van der Waals surface area (Å²) in [4.78, 5) is 32.7. The summed E-state index contributed by atoms with van der Waals surface area (Å²) in [5.41, 5.74) is 4.63. The van der Waals surface area contributed by atoms with Crippen LogP contribution in [-0.2, 0) is 9.59 Å². The van der Waals surface area contributed by atoms with E-state index in [1.54, 1.807) is 25.3 Å². The standard InChI is InChI=1S/C31H35N3O4/c1-7-33(8-2)23-11-9-21(10-12-23)28-27(29(35)26-18-17-25(38-6)19-20(26)3)30(36)31(37)34(28)24-15-13-22(14-16-24)32(4)5/h9-19,28,35H,7-8H2,1-6H3/b29-27-. The van der Waals surface area contributed by atoms with Crippen LogP contribution in [0, 0.1) is 6.92 Å². The summed E-state index contributed by atoms with van der Waals surface area (Å²) in [5, 5.41) is 11.5. The van der Waals surface area contributed by atoms with Gasteiger partial charge in [-0.1, -0.05) is 12.1 Å². The highest BCUT2D eigenvalue weighted by Gasteiger charge is 2.47. The molecule has 1 aliphatic heterocycles. The molecule has 198 valence electrons. The minimum atomic E-state index is -0.785. The molecule has 1 N–H and O–H groups in total. The average molecular weight is 514 g/mol. The van der Waals surface area contributed by atoms with Crippen molar-refractivity contribution in [2.45, 2.75) is 26.8 Å². The van der Waals surface area contributed by atoms with E-state index in [-0.39, 0.29) is 11.3 Å². The summed E-state index contributed by atoms with van der Waals surface area (Å²) in [7, 11) is 5.45. The van der Waals surface area contributed by atoms with E-state index in [0.29, 0.717) is 17.0 Å². The van der Waals surface area contributed by atoms with Crippen LogP contribution >= 0.6 is 0 Å². The van der Waals surface area contributed by atoms with Crippen LogP contribution in [0.3, 0.4) is 0 Å². The van der Waals surface area contributed by atoms with Crippen LogP contribution in [-0.4, -0.2) is 51.1 Å². The molecule has 0 spiro atoms. The number of carbonyl (C=O) groups excluding carboxylic acids is 2. The van der Waals surface area contributed by atoms with Crippen molar-refractivity contribution in [3.63, 3.8) is 0 Å². The monoisotopic (exact) mass is 513 g/mol. The Morgan fingerprint density at radius 3 is 2.05 bits per heavy atom. The first-order chi connectivity index (χ1) is 18.2. The van der Waals surface area contributed by atoms with E-state index < -0.39 is 17.7 Å². The molecule has 0 saturated carbocycles. The summed E-state index contributed by atoms with van der Waals surface area (Å²) in [6.45, 7) is 7.76. The summed E-state index contributed by atoms with van der Waals surface area (Å²) in [6, 6.07) is 19.8. The molecule has 4 rings (SSSR count). The summed E-state index contributed by atoms with van der Waals surface area (Å²) >= 11 is 0. The lowest BCUT2D eigenvalue weighted by atomic mass is 9.93. The number of carbonyl (C=O) groups is 2. The first kappa shape index (κ1) is 26.8. The van der Waals surface area contributed by atoms with Crippen LogP contribution in [0.15, 0.2) is 72.3 Å². The van der Waals surface area contributed by atoms with Gasteiger partial charge < -0.3 is 19.6 Å². The number of aliphatic hydroxyl groups is 1. The lowest BCUT2D eigenvalue weighted by Gasteiger charge is -2.27. The van der Waals surface area contributed by atoms with Crippen molar-refractivity contribution in [1.82, 2.24) is 0 Å². The van der Waals surface area contributed by atoms with Gasteiger partial charge in [0.15, 0.2) is 0 Å². The van der Waals surface area contributed by atoms with Crippen molar-refractivity contribution in [2.24, 2.45) is 0 Å². The van der Waals surface area contributed by atoms with Crippen LogP contribution in [0.1, 0.15) is 36.6 Å². The molecular weight excluding hydrogens is 478 g/mol. The van der Waals surface area contributed by atoms with Crippen molar-refractivity contribution in [2.75, 3.05) is 49.0 Å². The maximum atomic E-state index is 13.5. The molecule has 1 amide bonds. The van der Waals surface area contributed by atoms with Gasteiger partial charge in [-0.3, -0.25) is 14.5 Å². The number of hydrogen-bond acceptors (Lipinski definition) is 6. The highest BCUT2D eigenvalue weighted by atomic mass is 16.5. The van der Waals surface area contributed by atoms with Crippen molar-refractivity contribution in [1.29, 1.82) is 0 Å². The first-order valence-corrected chi connectivity index (χ1v) is 12.8. The van der Waals surface area contributed by atoms with Crippen molar-refractivity contribution in [3.8, 4) is 5.75 Å². The molecule has 1 heterocycles. The number of amides is 1. The predicted octanol–water partition coefficient (Wildman–Crippen LogP) is 5.54. The number of ketones is 1. The van der Waals surface area contributed by atoms with E-state index in [4.69, 9.17) is 4.74 Å². The zero-order valence-corrected chi connectivity index (χ0v) is 22.9. The summed E-state index contributed by atoms with van der Waals surface area (Å²) in [6.07, 6.45) is 0. The number of benzene rings is 3. The van der Waals surface area contributed by atoms with Gasteiger partial charge in [0.25, 0.3) is 11.7 Å². The Balaban J connectivity index is 1.90. The third-order valence-corrected chi connectivity index (χ3v) is 7.11. The molecule has 1 aliphatic rings. The maximum absolute atomic E-state index is 13.5. The van der Waals surface area contributed by atoms with E-state index in [9.17, 15) is 14.7 Å². The van der Waals surface area contributed by atoms with Crippen LogP contribution < -0.4 is 19.4 Å². The third-order valence-electron chi connectivity index (χ3n) is 7.11. The van der Waals surface area contributed by atoms with E-state index in [0.717, 1.165) is 35.6 Å². The molecule has 7 heteroatoms. The SMILES string of the molecule is CCN(CC)c1ccc(C2/C(=C(/O)c3ccc(OC)cc3C)C(=O)C(=O)N2c2ccc(N(C)C)cc2)cc1. The Bertz CT molecular complexity index is 1360. The van der Waals surface area contributed by atoms with Crippen molar-refractivity contribution >= 4 is 34.5 Å². The largest absolute Gasteiger partial charge is 0.507 e. The predicted molar refractivity (Wildman–Crippen MR) is 153 cm³/mol. The van der Waals surface area contributed by atoms with Crippen LogP contribution in [0.5, 0.6) is 5.75 Å². The van der Waals surface area contributed by atoms with E-state index in [2.05, 4.69) is 18.7 Å². The van der Waals surface area contributed by atoms with Gasteiger partial charge in [0.05, 0.1) is 18.7 Å². The fourth-order valence-electron chi connectivity index (χ4n) is 4.96. The molecule has 1 atom stereocenters. The van der Waals surface area contributed by atoms with E-state index in [1.165, 1.54) is 4.90 Å². The number of aliphatic hydroxyl groups excluding tert-OH is 1. The molecule has 0 radical (unpaired) electrons. The topological polar surface area (TPSA) is 73.3 Å². The van der Waals surface area contributed by atoms with Crippen LogP contribution in [0.4, 0.5) is 17.1 Å². The second-order valence-corrected chi connectivity index (χ2v) is 9.52. The van der Waals surface area contributed by atoms with Gasteiger partial charge in [0.1, 0.15) is 11.5 Å². The lowest BCUT2D eigenvalue weighted by molar-refractivity contribution is -0.132. The molecule has 3 aromatic carbocycles. The molecule has 0 aromatic heterocycles. The minimum Gasteiger partial charge on any atom is -0.507 e. The van der Waals surface area contributed by atoms with Gasteiger partial charge in [-0.25, -0.2) is 0 Å². The Kier molecular flexibility index (Phi) is 7.76. The van der Waals surface area contributed by atoms with E-state index >= 15 is 0 Å². The maximum Gasteiger partial charge on any atom is 0.300 e. The average Bonchev–Trinajstić information content (AvgIpc) is 3.19. The lowest BCUT2D eigenvalue weighted by Crippen LogP contribution is -2.29.